The molecule has 9 heteroatoms. The average molecular weight is 446 g/mol. The molecule has 0 spiro atoms. The van der Waals surface area contributed by atoms with Crippen molar-refractivity contribution in [1.29, 1.82) is 0 Å². The SMILES string of the molecule is CC(C)c1cnnc(Nc2ccc3ncc(-c4cnn(CCC5OCCCO5)c4)cc3n2)c1. The fraction of sp³-hybridized carbons (Fsp3) is 0.375. The number of nitrogens with zero attached hydrogens (tertiary/aromatic N) is 6. The van der Waals surface area contributed by atoms with Gasteiger partial charge in [-0.1, -0.05) is 13.8 Å². The zero-order valence-electron chi connectivity index (χ0n) is 18.8. The van der Waals surface area contributed by atoms with Crippen LogP contribution in [-0.2, 0) is 16.0 Å². The lowest BCUT2D eigenvalue weighted by Gasteiger charge is -2.22. The Kier molecular flexibility index (Phi) is 6.23. The van der Waals surface area contributed by atoms with Gasteiger partial charge in [0.15, 0.2) is 12.1 Å². The molecule has 1 aliphatic heterocycles. The normalized spacial score (nSPS) is 14.8. The van der Waals surface area contributed by atoms with Crippen molar-refractivity contribution in [3.8, 4) is 11.1 Å². The van der Waals surface area contributed by atoms with Crippen LogP contribution >= 0.6 is 0 Å². The third kappa shape index (κ3) is 5.15. The topological polar surface area (TPSA) is 99.9 Å². The van der Waals surface area contributed by atoms with Gasteiger partial charge in [0.1, 0.15) is 5.82 Å². The molecule has 1 fully saturated rings. The number of rotatable bonds is 7. The fourth-order valence-electron chi connectivity index (χ4n) is 3.70. The van der Waals surface area contributed by atoms with Gasteiger partial charge >= 0.3 is 0 Å². The molecule has 0 amide bonds. The van der Waals surface area contributed by atoms with Crippen molar-refractivity contribution in [3.63, 3.8) is 0 Å². The van der Waals surface area contributed by atoms with Crippen molar-refractivity contribution in [2.45, 2.75) is 45.4 Å². The molecule has 4 aromatic heterocycles. The number of fused-ring (bicyclic) bond motifs is 1. The maximum Gasteiger partial charge on any atom is 0.159 e. The summed E-state index contributed by atoms with van der Waals surface area (Å²) in [6.45, 7) is 6.51. The summed E-state index contributed by atoms with van der Waals surface area (Å²) >= 11 is 0. The molecule has 5 heterocycles. The van der Waals surface area contributed by atoms with Gasteiger partial charge in [0, 0.05) is 36.5 Å². The first-order valence-electron chi connectivity index (χ1n) is 11.3. The Morgan fingerprint density at radius 1 is 1.03 bits per heavy atom. The van der Waals surface area contributed by atoms with E-state index in [4.69, 9.17) is 14.5 Å². The Bertz CT molecular complexity index is 1230. The zero-order valence-corrected chi connectivity index (χ0v) is 18.8. The highest BCUT2D eigenvalue weighted by Gasteiger charge is 2.14. The first kappa shape index (κ1) is 21.4. The van der Waals surface area contributed by atoms with Gasteiger partial charge in [-0.05, 0) is 42.2 Å². The van der Waals surface area contributed by atoms with Crippen LogP contribution in [0.2, 0.25) is 0 Å². The van der Waals surface area contributed by atoms with Crippen molar-refractivity contribution >= 4 is 22.7 Å². The molecule has 1 aliphatic rings. The second-order valence-corrected chi connectivity index (χ2v) is 8.42. The van der Waals surface area contributed by atoms with Crippen molar-refractivity contribution in [1.82, 2.24) is 29.9 Å². The van der Waals surface area contributed by atoms with Gasteiger partial charge < -0.3 is 14.8 Å². The maximum atomic E-state index is 5.62. The van der Waals surface area contributed by atoms with Crippen molar-refractivity contribution in [2.24, 2.45) is 0 Å². The van der Waals surface area contributed by atoms with E-state index in [-0.39, 0.29) is 6.29 Å². The quantitative estimate of drug-likeness (QED) is 0.449. The number of hydrogen-bond acceptors (Lipinski definition) is 8. The van der Waals surface area contributed by atoms with Crippen LogP contribution < -0.4 is 5.32 Å². The van der Waals surface area contributed by atoms with Crippen molar-refractivity contribution < 1.29 is 9.47 Å². The average Bonchev–Trinajstić information content (AvgIpc) is 3.32. The van der Waals surface area contributed by atoms with E-state index in [2.05, 4.69) is 39.4 Å². The number of pyridine rings is 2. The number of aromatic nitrogens is 6. The van der Waals surface area contributed by atoms with Crippen LogP contribution in [-0.4, -0.2) is 49.4 Å². The third-order valence-corrected chi connectivity index (χ3v) is 5.59. The Labute approximate surface area is 192 Å². The van der Waals surface area contributed by atoms with Crippen LogP contribution in [0.3, 0.4) is 0 Å². The van der Waals surface area contributed by atoms with Crippen molar-refractivity contribution in [3.05, 3.63) is 54.6 Å². The standard InChI is InChI=1S/C24H27N7O2/c1-16(2)17-11-23(30-26-13-17)29-22-5-4-20-21(28-22)10-18(12-25-20)19-14-27-31(15-19)7-6-24-32-8-3-9-33-24/h4-5,10-16,24H,3,6-9H2,1-2H3,(H,28,29,30). The lowest BCUT2D eigenvalue weighted by molar-refractivity contribution is -0.182. The van der Waals surface area contributed by atoms with E-state index in [0.29, 0.717) is 17.6 Å². The molecular weight excluding hydrogens is 418 g/mol. The molecule has 33 heavy (non-hydrogen) atoms. The van der Waals surface area contributed by atoms with E-state index >= 15 is 0 Å². The first-order chi connectivity index (χ1) is 16.1. The summed E-state index contributed by atoms with van der Waals surface area (Å²) in [5.74, 6) is 1.74. The Balaban J connectivity index is 1.31. The Hall–Kier alpha value is -3.43. The van der Waals surface area contributed by atoms with Gasteiger partial charge in [0.05, 0.1) is 36.6 Å². The van der Waals surface area contributed by atoms with Gasteiger partial charge in [-0.2, -0.15) is 10.2 Å². The molecule has 5 rings (SSSR count). The predicted molar refractivity (Wildman–Crippen MR) is 125 cm³/mol. The molecule has 0 unspecified atom stereocenters. The van der Waals surface area contributed by atoms with Crippen LogP contribution in [0.4, 0.5) is 11.6 Å². The Morgan fingerprint density at radius 2 is 1.91 bits per heavy atom. The minimum absolute atomic E-state index is 0.144. The van der Waals surface area contributed by atoms with Crippen LogP contribution in [0, 0.1) is 0 Å². The molecule has 1 saturated heterocycles. The van der Waals surface area contributed by atoms with E-state index in [1.807, 2.05) is 47.5 Å². The fourth-order valence-corrected chi connectivity index (χ4v) is 3.70. The molecule has 0 aromatic carbocycles. The molecule has 0 aliphatic carbocycles. The highest BCUT2D eigenvalue weighted by Crippen LogP contribution is 2.24. The Morgan fingerprint density at radius 3 is 2.76 bits per heavy atom. The molecule has 0 atom stereocenters. The van der Waals surface area contributed by atoms with E-state index in [0.717, 1.165) is 60.3 Å². The summed E-state index contributed by atoms with van der Waals surface area (Å²) in [4.78, 5) is 9.31. The van der Waals surface area contributed by atoms with Crippen LogP contribution in [0.15, 0.2) is 49.1 Å². The van der Waals surface area contributed by atoms with Gasteiger partial charge in [-0.25, -0.2) is 4.98 Å². The second kappa shape index (κ2) is 9.60. The highest BCUT2D eigenvalue weighted by molar-refractivity contribution is 5.81. The van der Waals surface area contributed by atoms with Crippen LogP contribution in [0.5, 0.6) is 0 Å². The molecule has 170 valence electrons. The van der Waals surface area contributed by atoms with E-state index < -0.39 is 0 Å². The molecular formula is C24H27N7O2. The summed E-state index contributed by atoms with van der Waals surface area (Å²) in [6.07, 6.45) is 9.09. The van der Waals surface area contributed by atoms with Gasteiger partial charge in [0.2, 0.25) is 0 Å². The number of hydrogen-bond donors (Lipinski definition) is 1. The van der Waals surface area contributed by atoms with E-state index in [1.165, 1.54) is 0 Å². The molecule has 9 nitrogen and oxygen atoms in total. The van der Waals surface area contributed by atoms with E-state index in [1.54, 1.807) is 6.20 Å². The zero-order chi connectivity index (χ0) is 22.6. The summed E-state index contributed by atoms with van der Waals surface area (Å²) in [7, 11) is 0. The minimum Gasteiger partial charge on any atom is -0.353 e. The number of aryl methyl sites for hydroxylation is 1. The molecule has 0 bridgehead atoms. The maximum absolute atomic E-state index is 5.62. The summed E-state index contributed by atoms with van der Waals surface area (Å²) in [5, 5.41) is 16.0. The largest absolute Gasteiger partial charge is 0.353 e. The number of anilines is 2. The van der Waals surface area contributed by atoms with Gasteiger partial charge in [0.25, 0.3) is 0 Å². The first-order valence-corrected chi connectivity index (χ1v) is 11.3. The highest BCUT2D eigenvalue weighted by atomic mass is 16.7. The molecule has 0 saturated carbocycles. The smallest absolute Gasteiger partial charge is 0.159 e. The summed E-state index contributed by atoms with van der Waals surface area (Å²) in [5.41, 5.74) is 4.69. The monoisotopic (exact) mass is 445 g/mol. The van der Waals surface area contributed by atoms with E-state index in [9.17, 15) is 0 Å². The minimum atomic E-state index is -0.144. The van der Waals surface area contributed by atoms with Crippen molar-refractivity contribution in [2.75, 3.05) is 18.5 Å². The number of nitrogens with one attached hydrogen (secondary N) is 1. The molecule has 1 N–H and O–H groups in total. The lowest BCUT2D eigenvalue weighted by Crippen LogP contribution is -2.26. The second-order valence-electron chi connectivity index (χ2n) is 8.42. The molecule has 4 aromatic rings. The molecule has 0 radical (unpaired) electrons. The van der Waals surface area contributed by atoms with Gasteiger partial charge in [-0.15, -0.1) is 5.10 Å². The third-order valence-electron chi connectivity index (χ3n) is 5.59. The summed E-state index contributed by atoms with van der Waals surface area (Å²) < 4.78 is 13.1. The number of ether oxygens (including phenoxy) is 2. The van der Waals surface area contributed by atoms with Crippen LogP contribution in [0.25, 0.3) is 22.2 Å². The van der Waals surface area contributed by atoms with Crippen LogP contribution in [0.1, 0.15) is 38.2 Å². The summed E-state index contributed by atoms with van der Waals surface area (Å²) in [6, 6.07) is 7.86. The predicted octanol–water partition coefficient (Wildman–Crippen LogP) is 4.30. The van der Waals surface area contributed by atoms with Gasteiger partial charge in [-0.3, -0.25) is 9.67 Å². The lowest BCUT2D eigenvalue weighted by atomic mass is 10.1.